The molecule has 2 aromatic heterocycles. The zero-order valence-electron chi connectivity index (χ0n) is 11.7. The fraction of sp³-hybridized carbons (Fsp3) is 0.231. The van der Waals surface area contributed by atoms with Crippen LogP contribution in [0.2, 0.25) is 0 Å². The summed E-state index contributed by atoms with van der Waals surface area (Å²) in [7, 11) is 0. The van der Waals surface area contributed by atoms with E-state index in [0.717, 1.165) is 11.5 Å². The molecule has 0 aliphatic carbocycles. The molecular weight excluding hydrogens is 388 g/mol. The van der Waals surface area contributed by atoms with Crippen LogP contribution in [0.5, 0.6) is 0 Å². The second-order valence-corrected chi connectivity index (χ2v) is 7.39. The molecule has 0 unspecified atom stereocenters. The highest BCUT2D eigenvalue weighted by Crippen LogP contribution is 2.24. The molecule has 2 heterocycles. The first kappa shape index (κ1) is 16.7. The van der Waals surface area contributed by atoms with Gasteiger partial charge in [-0.25, -0.2) is 0 Å². The Bertz CT molecular complexity index is 745. The molecule has 6 nitrogen and oxygen atoms in total. The molecule has 9 heteroatoms. The number of carbonyl (C=O) groups is 1. The Morgan fingerprint density at radius 1 is 1.59 bits per heavy atom. The van der Waals surface area contributed by atoms with Gasteiger partial charge in [0.2, 0.25) is 10.3 Å². The molecule has 2 aromatic rings. The third kappa shape index (κ3) is 4.69. The van der Waals surface area contributed by atoms with Crippen LogP contribution >= 0.6 is 39.2 Å². The number of aromatic nitrogens is 2. The van der Waals surface area contributed by atoms with Gasteiger partial charge in [-0.3, -0.25) is 10.1 Å². The highest BCUT2D eigenvalue weighted by molar-refractivity contribution is 9.10. The van der Waals surface area contributed by atoms with E-state index in [1.807, 2.05) is 19.9 Å². The van der Waals surface area contributed by atoms with E-state index in [-0.39, 0.29) is 5.57 Å². The number of hydrogen-bond donors (Lipinski definition) is 1. The maximum atomic E-state index is 12.1. The molecule has 0 aromatic carbocycles. The van der Waals surface area contributed by atoms with Gasteiger partial charge < -0.3 is 4.42 Å². The lowest BCUT2D eigenvalue weighted by atomic mass is 10.2. The number of halogens is 1. The van der Waals surface area contributed by atoms with Crippen molar-refractivity contribution in [3.63, 3.8) is 0 Å². The van der Waals surface area contributed by atoms with E-state index < -0.39 is 5.91 Å². The molecule has 114 valence electrons. The second kappa shape index (κ2) is 7.58. The van der Waals surface area contributed by atoms with Gasteiger partial charge in [0.05, 0.1) is 0 Å². The van der Waals surface area contributed by atoms with E-state index in [9.17, 15) is 4.79 Å². The normalized spacial score (nSPS) is 11.5. The molecule has 2 rings (SSSR count). The first-order valence-electron chi connectivity index (χ1n) is 6.17. The van der Waals surface area contributed by atoms with Crippen LogP contribution in [0.4, 0.5) is 5.13 Å². The monoisotopic (exact) mass is 398 g/mol. The van der Waals surface area contributed by atoms with Gasteiger partial charge in [-0.15, -0.1) is 0 Å². The number of nitrogens with zero attached hydrogens (tertiary/aromatic N) is 3. The molecule has 0 saturated carbocycles. The quantitative estimate of drug-likeness (QED) is 0.465. The highest BCUT2D eigenvalue weighted by atomic mass is 79.9. The fourth-order valence-corrected chi connectivity index (χ4v) is 3.08. The van der Waals surface area contributed by atoms with Crippen LogP contribution in [0.3, 0.4) is 0 Å². The van der Waals surface area contributed by atoms with Crippen LogP contribution in [-0.2, 0) is 4.79 Å². The minimum atomic E-state index is -0.549. The number of nitrogens with one attached hydrogen (secondary N) is 1. The lowest BCUT2D eigenvalue weighted by molar-refractivity contribution is -0.112. The molecule has 0 radical (unpaired) electrons. The molecule has 0 atom stereocenters. The van der Waals surface area contributed by atoms with Gasteiger partial charge in [0.1, 0.15) is 17.4 Å². The molecule has 0 aliphatic heterocycles. The van der Waals surface area contributed by atoms with Gasteiger partial charge in [0.15, 0.2) is 4.67 Å². The molecule has 1 amide bonds. The highest BCUT2D eigenvalue weighted by Gasteiger charge is 2.14. The van der Waals surface area contributed by atoms with Crippen molar-refractivity contribution in [3.8, 4) is 6.07 Å². The van der Waals surface area contributed by atoms with E-state index in [1.54, 1.807) is 12.1 Å². The smallest absolute Gasteiger partial charge is 0.268 e. The number of thioether (sulfide) groups is 1. The van der Waals surface area contributed by atoms with Crippen LogP contribution in [-0.4, -0.2) is 20.5 Å². The minimum absolute atomic E-state index is 0.0740. The van der Waals surface area contributed by atoms with Gasteiger partial charge in [-0.2, -0.15) is 14.6 Å². The maximum Gasteiger partial charge on any atom is 0.268 e. The summed E-state index contributed by atoms with van der Waals surface area (Å²) in [6.07, 6.45) is 1.37. The van der Waals surface area contributed by atoms with Gasteiger partial charge in [0.25, 0.3) is 5.91 Å². The van der Waals surface area contributed by atoms with Crippen molar-refractivity contribution in [1.82, 2.24) is 9.36 Å². The topological polar surface area (TPSA) is 91.8 Å². The summed E-state index contributed by atoms with van der Waals surface area (Å²) < 4.78 is 9.90. The summed E-state index contributed by atoms with van der Waals surface area (Å²) in [5, 5.41) is 13.0. The van der Waals surface area contributed by atoms with Crippen LogP contribution in [0.25, 0.3) is 6.08 Å². The molecule has 22 heavy (non-hydrogen) atoms. The van der Waals surface area contributed by atoms with E-state index >= 15 is 0 Å². The molecule has 1 N–H and O–H groups in total. The molecule has 0 spiro atoms. The van der Waals surface area contributed by atoms with Crippen LogP contribution in [0.1, 0.15) is 19.6 Å². The van der Waals surface area contributed by atoms with Crippen molar-refractivity contribution in [2.24, 2.45) is 0 Å². The van der Waals surface area contributed by atoms with E-state index in [0.29, 0.717) is 26.0 Å². The number of furan rings is 1. The third-order valence-corrected chi connectivity index (χ3v) is 4.25. The predicted molar refractivity (Wildman–Crippen MR) is 89.5 cm³/mol. The molecule has 0 bridgehead atoms. The lowest BCUT2D eigenvalue weighted by Gasteiger charge is -1.99. The number of anilines is 1. The lowest BCUT2D eigenvalue weighted by Crippen LogP contribution is -2.13. The summed E-state index contributed by atoms with van der Waals surface area (Å²) in [4.78, 5) is 16.3. The zero-order chi connectivity index (χ0) is 16.1. The Morgan fingerprint density at radius 2 is 2.36 bits per heavy atom. The van der Waals surface area contributed by atoms with Gasteiger partial charge >= 0.3 is 0 Å². The molecule has 0 saturated heterocycles. The average Bonchev–Trinajstić information content (AvgIpc) is 3.04. The van der Waals surface area contributed by atoms with Crippen LogP contribution in [0, 0.1) is 11.3 Å². The minimum Gasteiger partial charge on any atom is -0.450 e. The number of rotatable bonds is 5. The van der Waals surface area contributed by atoms with E-state index in [2.05, 4.69) is 30.6 Å². The molecule has 0 aliphatic rings. The molecule has 0 fully saturated rings. The molecular formula is C13H11BrN4O2S2. The largest absolute Gasteiger partial charge is 0.450 e. The Kier molecular flexibility index (Phi) is 5.76. The second-order valence-electron chi connectivity index (χ2n) is 4.31. The van der Waals surface area contributed by atoms with Crippen LogP contribution in [0.15, 0.2) is 31.9 Å². The van der Waals surface area contributed by atoms with Gasteiger partial charge in [0, 0.05) is 22.9 Å². The summed E-state index contributed by atoms with van der Waals surface area (Å²) in [5.41, 5.74) is -0.0740. The van der Waals surface area contributed by atoms with Crippen molar-refractivity contribution in [1.29, 1.82) is 5.26 Å². The van der Waals surface area contributed by atoms with E-state index in [4.69, 9.17) is 9.68 Å². The fourth-order valence-electron chi connectivity index (χ4n) is 1.38. The third-order valence-electron chi connectivity index (χ3n) is 2.21. The first-order chi connectivity index (χ1) is 10.5. The zero-order valence-corrected chi connectivity index (χ0v) is 14.9. The summed E-state index contributed by atoms with van der Waals surface area (Å²) in [6.45, 7) is 4.06. The summed E-state index contributed by atoms with van der Waals surface area (Å²) in [6, 6.07) is 5.17. The number of nitriles is 1. The van der Waals surface area contributed by atoms with Gasteiger partial charge in [-0.1, -0.05) is 25.6 Å². The van der Waals surface area contributed by atoms with Gasteiger partial charge in [-0.05, 0) is 28.1 Å². The summed E-state index contributed by atoms with van der Waals surface area (Å²) >= 11 is 5.74. The number of hydrogen-bond acceptors (Lipinski definition) is 7. The number of amides is 1. The van der Waals surface area contributed by atoms with Crippen LogP contribution < -0.4 is 5.32 Å². The van der Waals surface area contributed by atoms with Crippen molar-refractivity contribution >= 4 is 56.3 Å². The SMILES string of the molecule is CC(C)Sc1nsc(NC(=O)/C(C#N)=C\c2ccc(Br)o2)n1. The standard InChI is InChI=1S/C13H11BrN4O2S2/c1-7(2)21-13-17-12(22-18-13)16-11(19)8(6-15)5-9-3-4-10(14)20-9/h3-5,7H,1-2H3,(H,16,17,18,19)/b8-5-. The van der Waals surface area contributed by atoms with E-state index in [1.165, 1.54) is 17.8 Å². The van der Waals surface area contributed by atoms with Crippen molar-refractivity contribution in [3.05, 3.63) is 28.1 Å². The Labute approximate surface area is 143 Å². The average molecular weight is 399 g/mol. The van der Waals surface area contributed by atoms with Crippen molar-refractivity contribution in [2.45, 2.75) is 24.3 Å². The number of carbonyl (C=O) groups excluding carboxylic acids is 1. The summed E-state index contributed by atoms with van der Waals surface area (Å²) in [5.74, 6) is -0.140. The van der Waals surface area contributed by atoms with Crippen molar-refractivity contribution in [2.75, 3.05) is 5.32 Å². The maximum absolute atomic E-state index is 12.1. The Morgan fingerprint density at radius 3 is 2.95 bits per heavy atom. The Hall–Kier alpha value is -1.63. The first-order valence-corrected chi connectivity index (χ1v) is 8.61. The predicted octanol–water partition coefficient (Wildman–Crippen LogP) is 3.94. The van der Waals surface area contributed by atoms with Crippen molar-refractivity contribution < 1.29 is 9.21 Å². The Balaban J connectivity index is 2.08.